The van der Waals surface area contributed by atoms with Gasteiger partial charge in [0.25, 0.3) is 0 Å². The SMILES string of the molecule is Cc1cnc(C)c(-n2nc(-c3cccc(C(C)C)c3)cc2Nc2ccccc2C(=O)O)n1. The summed E-state index contributed by atoms with van der Waals surface area (Å²) in [4.78, 5) is 20.8. The quantitative estimate of drug-likeness (QED) is 0.421. The highest BCUT2D eigenvalue weighted by Crippen LogP contribution is 2.30. The van der Waals surface area contributed by atoms with Gasteiger partial charge in [0, 0.05) is 17.8 Å². The molecule has 0 saturated carbocycles. The van der Waals surface area contributed by atoms with Gasteiger partial charge in [0.05, 0.1) is 28.3 Å². The molecule has 0 aliphatic rings. The van der Waals surface area contributed by atoms with Crippen molar-refractivity contribution in [3.05, 3.63) is 83.3 Å². The molecule has 2 aromatic heterocycles. The van der Waals surface area contributed by atoms with Gasteiger partial charge in [-0.15, -0.1) is 0 Å². The Morgan fingerprint density at radius 3 is 2.59 bits per heavy atom. The zero-order valence-corrected chi connectivity index (χ0v) is 18.5. The topological polar surface area (TPSA) is 92.9 Å². The van der Waals surface area contributed by atoms with E-state index in [0.717, 1.165) is 22.6 Å². The number of hydrogen-bond acceptors (Lipinski definition) is 5. The summed E-state index contributed by atoms with van der Waals surface area (Å²) in [6.45, 7) is 8.05. The summed E-state index contributed by atoms with van der Waals surface area (Å²) in [5.41, 5.74) is 5.08. The predicted octanol–water partition coefficient (Wildman–Crippen LogP) is 5.51. The Balaban J connectivity index is 1.87. The number of aromatic nitrogens is 4. The number of anilines is 2. The molecule has 7 nitrogen and oxygen atoms in total. The van der Waals surface area contributed by atoms with Crippen LogP contribution in [0, 0.1) is 13.8 Å². The van der Waals surface area contributed by atoms with E-state index in [-0.39, 0.29) is 5.56 Å². The standard InChI is InChI=1S/C25H25N5O2/c1-15(2)18-8-7-9-19(12-18)22-13-23(28-21-11-6-5-10-20(21)25(31)32)30(29-22)24-17(4)26-14-16(3)27-24/h5-15,28H,1-4H3,(H,31,32). The normalized spacial score (nSPS) is 11.0. The third-order valence-corrected chi connectivity index (χ3v) is 5.23. The van der Waals surface area contributed by atoms with Crippen molar-refractivity contribution in [3.63, 3.8) is 0 Å². The molecule has 0 aliphatic heterocycles. The van der Waals surface area contributed by atoms with E-state index in [0.29, 0.717) is 23.2 Å². The molecule has 2 N–H and O–H groups in total. The van der Waals surface area contributed by atoms with Crippen molar-refractivity contribution in [2.45, 2.75) is 33.6 Å². The monoisotopic (exact) mass is 427 g/mol. The fourth-order valence-corrected chi connectivity index (χ4v) is 3.47. The number of aryl methyl sites for hydroxylation is 2. The van der Waals surface area contributed by atoms with Crippen LogP contribution < -0.4 is 5.32 Å². The van der Waals surface area contributed by atoms with E-state index < -0.39 is 5.97 Å². The number of para-hydroxylation sites is 1. The van der Waals surface area contributed by atoms with Crippen LogP contribution in [0.1, 0.15) is 47.1 Å². The molecule has 4 aromatic rings. The van der Waals surface area contributed by atoms with Crippen LogP contribution in [0.3, 0.4) is 0 Å². The van der Waals surface area contributed by atoms with Crippen LogP contribution in [-0.2, 0) is 0 Å². The Labute approximate surface area is 186 Å². The zero-order chi connectivity index (χ0) is 22.8. The lowest BCUT2D eigenvalue weighted by Crippen LogP contribution is -2.10. The number of nitrogens with zero attached hydrogens (tertiary/aromatic N) is 4. The van der Waals surface area contributed by atoms with Crippen LogP contribution in [0.15, 0.2) is 60.8 Å². The molecule has 2 aromatic carbocycles. The molecule has 0 radical (unpaired) electrons. The van der Waals surface area contributed by atoms with Crippen LogP contribution in [0.4, 0.5) is 11.5 Å². The van der Waals surface area contributed by atoms with E-state index in [2.05, 4.69) is 41.3 Å². The molecule has 0 amide bonds. The van der Waals surface area contributed by atoms with Crippen LogP contribution in [0.25, 0.3) is 17.1 Å². The van der Waals surface area contributed by atoms with Gasteiger partial charge in [-0.2, -0.15) is 9.78 Å². The third-order valence-electron chi connectivity index (χ3n) is 5.23. The second kappa shape index (κ2) is 8.63. The molecule has 0 saturated heterocycles. The molecule has 32 heavy (non-hydrogen) atoms. The van der Waals surface area contributed by atoms with E-state index in [9.17, 15) is 9.90 Å². The van der Waals surface area contributed by atoms with Crippen LogP contribution in [0.5, 0.6) is 0 Å². The first kappa shape index (κ1) is 21.2. The Hall–Kier alpha value is -4.00. The van der Waals surface area contributed by atoms with Gasteiger partial charge < -0.3 is 10.4 Å². The van der Waals surface area contributed by atoms with Crippen molar-refractivity contribution in [1.82, 2.24) is 19.7 Å². The minimum Gasteiger partial charge on any atom is -0.478 e. The van der Waals surface area contributed by atoms with Gasteiger partial charge in [-0.25, -0.2) is 9.78 Å². The number of carboxylic acid groups (broad SMARTS) is 1. The van der Waals surface area contributed by atoms with Crippen LogP contribution in [0.2, 0.25) is 0 Å². The van der Waals surface area contributed by atoms with Gasteiger partial charge in [-0.3, -0.25) is 4.98 Å². The van der Waals surface area contributed by atoms with Crippen molar-refractivity contribution in [2.24, 2.45) is 0 Å². The Kier molecular flexibility index (Phi) is 5.73. The maximum Gasteiger partial charge on any atom is 0.337 e. The highest BCUT2D eigenvalue weighted by atomic mass is 16.4. The van der Waals surface area contributed by atoms with Gasteiger partial charge in [0.2, 0.25) is 0 Å². The van der Waals surface area contributed by atoms with Gasteiger partial charge in [-0.05, 0) is 43.5 Å². The third kappa shape index (κ3) is 4.23. The zero-order valence-electron chi connectivity index (χ0n) is 18.5. The first-order valence-electron chi connectivity index (χ1n) is 10.4. The fourth-order valence-electron chi connectivity index (χ4n) is 3.47. The van der Waals surface area contributed by atoms with Crippen molar-refractivity contribution in [1.29, 1.82) is 0 Å². The molecule has 162 valence electrons. The highest BCUT2D eigenvalue weighted by molar-refractivity contribution is 5.95. The number of benzene rings is 2. The van der Waals surface area contributed by atoms with Gasteiger partial charge >= 0.3 is 5.97 Å². The molecule has 2 heterocycles. The van der Waals surface area contributed by atoms with Crippen molar-refractivity contribution in [3.8, 4) is 17.1 Å². The summed E-state index contributed by atoms with van der Waals surface area (Å²) in [6, 6.07) is 17.0. The van der Waals surface area contributed by atoms with E-state index in [1.165, 1.54) is 5.56 Å². The molecule has 0 bridgehead atoms. The van der Waals surface area contributed by atoms with Crippen molar-refractivity contribution < 1.29 is 9.90 Å². The summed E-state index contributed by atoms with van der Waals surface area (Å²) in [5.74, 6) is 0.579. The summed E-state index contributed by atoms with van der Waals surface area (Å²) >= 11 is 0. The summed E-state index contributed by atoms with van der Waals surface area (Å²) in [7, 11) is 0. The summed E-state index contributed by atoms with van der Waals surface area (Å²) in [5, 5.41) is 17.7. The summed E-state index contributed by atoms with van der Waals surface area (Å²) in [6.07, 6.45) is 1.71. The molecular formula is C25H25N5O2. The van der Waals surface area contributed by atoms with Crippen LogP contribution in [-0.4, -0.2) is 30.8 Å². The minimum atomic E-state index is -1.00. The van der Waals surface area contributed by atoms with E-state index >= 15 is 0 Å². The minimum absolute atomic E-state index is 0.177. The number of carboxylic acids is 1. The van der Waals surface area contributed by atoms with Gasteiger partial charge in [0.15, 0.2) is 5.82 Å². The smallest absolute Gasteiger partial charge is 0.337 e. The molecule has 0 spiro atoms. The first-order valence-corrected chi connectivity index (χ1v) is 10.4. The van der Waals surface area contributed by atoms with Crippen LogP contribution >= 0.6 is 0 Å². The lowest BCUT2D eigenvalue weighted by Gasteiger charge is -2.12. The van der Waals surface area contributed by atoms with Crippen molar-refractivity contribution in [2.75, 3.05) is 5.32 Å². The average molecular weight is 428 g/mol. The number of carbonyl (C=O) groups is 1. The van der Waals surface area contributed by atoms with Crippen molar-refractivity contribution >= 4 is 17.5 Å². The van der Waals surface area contributed by atoms with E-state index in [4.69, 9.17) is 5.10 Å². The highest BCUT2D eigenvalue weighted by Gasteiger charge is 2.18. The Morgan fingerprint density at radius 2 is 1.84 bits per heavy atom. The number of rotatable bonds is 6. The predicted molar refractivity (Wildman–Crippen MR) is 125 cm³/mol. The first-order chi connectivity index (χ1) is 15.3. The number of hydrogen-bond donors (Lipinski definition) is 2. The van der Waals surface area contributed by atoms with E-state index in [1.54, 1.807) is 35.1 Å². The summed E-state index contributed by atoms with van der Waals surface area (Å²) < 4.78 is 1.69. The lowest BCUT2D eigenvalue weighted by atomic mass is 10.00. The van der Waals surface area contributed by atoms with Gasteiger partial charge in [0.1, 0.15) is 5.82 Å². The maximum atomic E-state index is 11.7. The number of nitrogens with one attached hydrogen (secondary N) is 1. The second-order valence-corrected chi connectivity index (χ2v) is 8.00. The molecule has 0 fully saturated rings. The van der Waals surface area contributed by atoms with E-state index in [1.807, 2.05) is 32.0 Å². The molecular weight excluding hydrogens is 402 g/mol. The molecule has 0 atom stereocenters. The number of aromatic carboxylic acids is 1. The molecule has 0 unspecified atom stereocenters. The Bertz CT molecular complexity index is 1290. The lowest BCUT2D eigenvalue weighted by molar-refractivity contribution is 0.0698. The molecule has 0 aliphatic carbocycles. The molecule has 4 rings (SSSR count). The Morgan fingerprint density at radius 1 is 1.06 bits per heavy atom. The molecule has 7 heteroatoms. The average Bonchev–Trinajstić information content (AvgIpc) is 3.19. The largest absolute Gasteiger partial charge is 0.478 e. The maximum absolute atomic E-state index is 11.7. The fraction of sp³-hybridized carbons (Fsp3) is 0.200. The second-order valence-electron chi connectivity index (χ2n) is 8.00. The van der Waals surface area contributed by atoms with Gasteiger partial charge in [-0.1, -0.05) is 44.2 Å².